The fraction of sp³-hybridized carbons (Fsp3) is 0.318. The highest BCUT2D eigenvalue weighted by Gasteiger charge is 2.13. The van der Waals surface area contributed by atoms with Crippen LogP contribution in [0.1, 0.15) is 28.8 Å². The molecule has 1 aromatic carbocycles. The summed E-state index contributed by atoms with van der Waals surface area (Å²) in [5, 5.41) is 11.1. The quantitative estimate of drug-likeness (QED) is 0.579. The third-order valence-electron chi connectivity index (χ3n) is 4.61. The summed E-state index contributed by atoms with van der Waals surface area (Å²) >= 11 is 1.69. The first-order chi connectivity index (χ1) is 13.0. The van der Waals surface area contributed by atoms with E-state index < -0.39 is 5.97 Å². The predicted octanol–water partition coefficient (Wildman–Crippen LogP) is 5.24. The average molecular weight is 384 g/mol. The number of hydrogen-bond donors (Lipinski definition) is 1. The van der Waals surface area contributed by atoms with Crippen molar-refractivity contribution >= 4 is 17.3 Å². The lowest BCUT2D eigenvalue weighted by Gasteiger charge is -2.16. The molecule has 2 heterocycles. The standard InChI is InChI=1S/C22H25NO3S/c1-15-13-16(2)22(17(3)14-15)26-11-10-23-18(7-9-21(24)25)6-8-19(23)20-5-4-12-27-20/h4-6,8,12-14H,7,9-11H2,1-3H3,(H,24,25). The van der Waals surface area contributed by atoms with E-state index in [0.717, 1.165) is 28.3 Å². The van der Waals surface area contributed by atoms with Crippen molar-refractivity contribution < 1.29 is 14.6 Å². The number of carboxylic acid groups (broad SMARTS) is 1. The maximum absolute atomic E-state index is 11.0. The second-order valence-corrected chi connectivity index (χ2v) is 7.76. The van der Waals surface area contributed by atoms with E-state index in [9.17, 15) is 4.79 Å². The topological polar surface area (TPSA) is 51.5 Å². The number of carboxylic acids is 1. The molecule has 2 aromatic heterocycles. The molecule has 3 rings (SSSR count). The highest BCUT2D eigenvalue weighted by molar-refractivity contribution is 7.13. The van der Waals surface area contributed by atoms with Crippen LogP contribution in [0.2, 0.25) is 0 Å². The molecular weight excluding hydrogens is 358 g/mol. The molecule has 0 saturated carbocycles. The van der Waals surface area contributed by atoms with Gasteiger partial charge < -0.3 is 14.4 Å². The number of aryl methyl sites for hydroxylation is 4. The van der Waals surface area contributed by atoms with Crippen LogP contribution in [-0.2, 0) is 17.8 Å². The Hall–Kier alpha value is -2.53. The molecule has 4 nitrogen and oxygen atoms in total. The van der Waals surface area contributed by atoms with Crippen molar-refractivity contribution in [3.8, 4) is 16.3 Å². The van der Waals surface area contributed by atoms with Crippen LogP contribution in [0, 0.1) is 20.8 Å². The van der Waals surface area contributed by atoms with Crippen LogP contribution in [-0.4, -0.2) is 22.2 Å². The highest BCUT2D eigenvalue weighted by Crippen LogP contribution is 2.28. The van der Waals surface area contributed by atoms with E-state index >= 15 is 0 Å². The van der Waals surface area contributed by atoms with Gasteiger partial charge in [-0.25, -0.2) is 0 Å². The lowest BCUT2D eigenvalue weighted by molar-refractivity contribution is -0.136. The molecule has 0 aliphatic carbocycles. The summed E-state index contributed by atoms with van der Waals surface area (Å²) in [5.41, 5.74) is 5.67. The van der Waals surface area contributed by atoms with Gasteiger partial charge in [-0.05, 0) is 61.9 Å². The first-order valence-corrected chi connectivity index (χ1v) is 9.98. The predicted molar refractivity (Wildman–Crippen MR) is 110 cm³/mol. The van der Waals surface area contributed by atoms with Gasteiger partial charge in [-0.15, -0.1) is 11.3 Å². The number of carbonyl (C=O) groups is 1. The zero-order chi connectivity index (χ0) is 19.4. The number of benzene rings is 1. The third-order valence-corrected chi connectivity index (χ3v) is 5.50. The number of aromatic nitrogens is 1. The molecule has 27 heavy (non-hydrogen) atoms. The van der Waals surface area contributed by atoms with Gasteiger partial charge in [-0.2, -0.15) is 0 Å². The van der Waals surface area contributed by atoms with Crippen molar-refractivity contribution in [2.24, 2.45) is 0 Å². The summed E-state index contributed by atoms with van der Waals surface area (Å²) in [6.45, 7) is 7.45. The molecule has 3 aromatic rings. The van der Waals surface area contributed by atoms with Crippen LogP contribution in [0.3, 0.4) is 0 Å². The molecule has 0 aliphatic heterocycles. The molecule has 0 amide bonds. The highest BCUT2D eigenvalue weighted by atomic mass is 32.1. The first-order valence-electron chi connectivity index (χ1n) is 9.10. The van der Waals surface area contributed by atoms with E-state index in [0.29, 0.717) is 19.6 Å². The second kappa shape index (κ2) is 8.44. The smallest absolute Gasteiger partial charge is 0.303 e. The van der Waals surface area contributed by atoms with Gasteiger partial charge in [0.2, 0.25) is 0 Å². The van der Waals surface area contributed by atoms with Gasteiger partial charge in [0, 0.05) is 5.69 Å². The Morgan fingerprint density at radius 2 is 1.89 bits per heavy atom. The largest absolute Gasteiger partial charge is 0.491 e. The lowest BCUT2D eigenvalue weighted by Crippen LogP contribution is -2.13. The van der Waals surface area contributed by atoms with Crippen LogP contribution >= 0.6 is 11.3 Å². The fourth-order valence-electron chi connectivity index (χ4n) is 3.50. The molecule has 0 spiro atoms. The van der Waals surface area contributed by atoms with E-state index in [1.165, 1.54) is 10.4 Å². The van der Waals surface area contributed by atoms with Gasteiger partial charge in [0.25, 0.3) is 0 Å². The van der Waals surface area contributed by atoms with Gasteiger partial charge in [-0.3, -0.25) is 4.79 Å². The first kappa shape index (κ1) is 19.2. The van der Waals surface area contributed by atoms with Crippen molar-refractivity contribution in [3.05, 3.63) is 64.2 Å². The zero-order valence-corrected chi connectivity index (χ0v) is 16.8. The molecule has 142 valence electrons. The summed E-state index contributed by atoms with van der Waals surface area (Å²) in [5.74, 6) is 0.167. The summed E-state index contributed by atoms with van der Waals surface area (Å²) in [4.78, 5) is 12.2. The zero-order valence-electron chi connectivity index (χ0n) is 16.0. The Bertz CT molecular complexity index is 902. The van der Waals surface area contributed by atoms with E-state index in [2.05, 4.69) is 55.0 Å². The molecule has 0 aliphatic rings. The molecule has 0 radical (unpaired) electrons. The Labute approximate surface area is 164 Å². The number of thiophene rings is 1. The molecule has 0 fully saturated rings. The average Bonchev–Trinajstić information content (AvgIpc) is 3.24. The second-order valence-electron chi connectivity index (χ2n) is 6.81. The fourth-order valence-corrected chi connectivity index (χ4v) is 4.26. The molecule has 0 atom stereocenters. The van der Waals surface area contributed by atoms with Crippen LogP contribution in [0.25, 0.3) is 10.6 Å². The molecule has 5 heteroatoms. The number of hydrogen-bond acceptors (Lipinski definition) is 3. The molecular formula is C22H25NO3S. The van der Waals surface area contributed by atoms with E-state index in [1.54, 1.807) is 11.3 Å². The minimum absolute atomic E-state index is 0.130. The number of rotatable bonds is 8. The summed E-state index contributed by atoms with van der Waals surface area (Å²) in [6, 6.07) is 12.5. The van der Waals surface area contributed by atoms with Crippen LogP contribution in [0.4, 0.5) is 0 Å². The van der Waals surface area contributed by atoms with Crippen LogP contribution in [0.5, 0.6) is 5.75 Å². The van der Waals surface area contributed by atoms with E-state index in [1.807, 2.05) is 12.1 Å². The number of aliphatic carboxylic acids is 1. The molecule has 0 saturated heterocycles. The monoisotopic (exact) mass is 383 g/mol. The summed E-state index contributed by atoms with van der Waals surface area (Å²) in [6.07, 6.45) is 0.647. The van der Waals surface area contributed by atoms with Gasteiger partial charge >= 0.3 is 5.97 Å². The van der Waals surface area contributed by atoms with Gasteiger partial charge in [0.05, 0.1) is 23.5 Å². The van der Waals surface area contributed by atoms with E-state index in [-0.39, 0.29) is 6.42 Å². The third kappa shape index (κ3) is 4.61. The van der Waals surface area contributed by atoms with Crippen molar-refractivity contribution in [1.29, 1.82) is 0 Å². The number of nitrogens with zero attached hydrogens (tertiary/aromatic N) is 1. The van der Waals surface area contributed by atoms with Crippen molar-refractivity contribution in [2.45, 2.75) is 40.2 Å². The SMILES string of the molecule is Cc1cc(C)c(OCCn2c(CCC(=O)O)ccc2-c2cccs2)c(C)c1. The van der Waals surface area contributed by atoms with Gasteiger partial charge in [-0.1, -0.05) is 23.8 Å². The van der Waals surface area contributed by atoms with Crippen LogP contribution in [0.15, 0.2) is 41.8 Å². The van der Waals surface area contributed by atoms with Crippen LogP contribution < -0.4 is 4.74 Å². The van der Waals surface area contributed by atoms with Crippen molar-refractivity contribution in [2.75, 3.05) is 6.61 Å². The maximum atomic E-state index is 11.0. The minimum atomic E-state index is -0.775. The van der Waals surface area contributed by atoms with Crippen molar-refractivity contribution in [3.63, 3.8) is 0 Å². The molecule has 1 N–H and O–H groups in total. The Kier molecular flexibility index (Phi) is 6.01. The van der Waals surface area contributed by atoms with Gasteiger partial charge in [0.1, 0.15) is 12.4 Å². The maximum Gasteiger partial charge on any atom is 0.303 e. The summed E-state index contributed by atoms with van der Waals surface area (Å²) in [7, 11) is 0. The molecule has 0 bridgehead atoms. The lowest BCUT2D eigenvalue weighted by atomic mass is 10.1. The Balaban J connectivity index is 1.78. The normalized spacial score (nSPS) is 10.9. The number of ether oxygens (including phenoxy) is 1. The van der Waals surface area contributed by atoms with Gasteiger partial charge in [0.15, 0.2) is 0 Å². The molecule has 0 unspecified atom stereocenters. The Morgan fingerprint density at radius 3 is 2.52 bits per heavy atom. The van der Waals surface area contributed by atoms with E-state index in [4.69, 9.17) is 9.84 Å². The minimum Gasteiger partial charge on any atom is -0.491 e. The van der Waals surface area contributed by atoms with Crippen molar-refractivity contribution in [1.82, 2.24) is 4.57 Å². The Morgan fingerprint density at radius 1 is 1.15 bits per heavy atom. The summed E-state index contributed by atoms with van der Waals surface area (Å²) < 4.78 is 8.30.